The van der Waals surface area contributed by atoms with Gasteiger partial charge in [-0.1, -0.05) is 0 Å². The molecule has 1 saturated heterocycles. The molecule has 1 heterocycles. The lowest BCUT2D eigenvalue weighted by Gasteiger charge is -2.29. The lowest BCUT2D eigenvalue weighted by Crippen LogP contribution is -2.51. The summed E-state index contributed by atoms with van der Waals surface area (Å²) in [6.45, 7) is 3.86. The molecule has 0 bridgehead atoms. The first-order valence-corrected chi connectivity index (χ1v) is 4.98. The summed E-state index contributed by atoms with van der Waals surface area (Å²) < 4.78 is 0. The highest BCUT2D eigenvalue weighted by molar-refractivity contribution is 5.88. The van der Waals surface area contributed by atoms with Crippen LogP contribution in [0.3, 0.4) is 0 Å². The minimum atomic E-state index is -0.880. The molecule has 0 spiro atoms. The van der Waals surface area contributed by atoms with E-state index in [1.807, 2.05) is 13.0 Å². The lowest BCUT2D eigenvalue weighted by atomic mass is 10.1. The molecule has 0 aliphatic carbocycles. The monoisotopic (exact) mass is 206 g/mol. The van der Waals surface area contributed by atoms with Gasteiger partial charge in [0.1, 0.15) is 0 Å². The van der Waals surface area contributed by atoms with Gasteiger partial charge in [-0.15, -0.1) is 0 Å². The molecule has 0 radical (unpaired) electrons. The van der Waals surface area contributed by atoms with E-state index < -0.39 is 5.97 Å². The van der Waals surface area contributed by atoms with E-state index >= 15 is 0 Å². The van der Waals surface area contributed by atoms with Crippen LogP contribution in [0.15, 0.2) is 18.2 Å². The van der Waals surface area contributed by atoms with Crippen molar-refractivity contribution >= 4 is 11.7 Å². The highest BCUT2D eigenvalue weighted by atomic mass is 16.4. The zero-order chi connectivity index (χ0) is 10.8. The van der Waals surface area contributed by atoms with Crippen LogP contribution in [-0.2, 0) is 0 Å². The van der Waals surface area contributed by atoms with E-state index in [1.54, 1.807) is 12.1 Å². The number of carboxylic acids is 1. The van der Waals surface area contributed by atoms with Crippen molar-refractivity contribution in [3.8, 4) is 0 Å². The van der Waals surface area contributed by atoms with Gasteiger partial charge in [0.2, 0.25) is 0 Å². The second kappa shape index (κ2) is 3.90. The van der Waals surface area contributed by atoms with Crippen LogP contribution in [0.25, 0.3) is 0 Å². The van der Waals surface area contributed by atoms with Gasteiger partial charge in [-0.25, -0.2) is 4.79 Å². The Morgan fingerprint density at radius 1 is 1.53 bits per heavy atom. The van der Waals surface area contributed by atoms with Crippen LogP contribution in [0.1, 0.15) is 15.9 Å². The van der Waals surface area contributed by atoms with Crippen LogP contribution in [0.5, 0.6) is 0 Å². The van der Waals surface area contributed by atoms with Gasteiger partial charge < -0.3 is 15.7 Å². The van der Waals surface area contributed by atoms with E-state index in [0.717, 1.165) is 24.3 Å². The minimum Gasteiger partial charge on any atom is -0.478 e. The number of hydrogen-bond acceptors (Lipinski definition) is 3. The van der Waals surface area contributed by atoms with Crippen LogP contribution in [-0.4, -0.2) is 30.2 Å². The van der Waals surface area contributed by atoms with Crippen LogP contribution >= 0.6 is 0 Å². The van der Waals surface area contributed by atoms with E-state index in [2.05, 4.69) is 10.6 Å². The van der Waals surface area contributed by atoms with Crippen LogP contribution in [0.2, 0.25) is 0 Å². The summed E-state index contributed by atoms with van der Waals surface area (Å²) in [7, 11) is 0. The molecule has 1 aliphatic heterocycles. The molecule has 0 saturated carbocycles. The van der Waals surface area contributed by atoms with Gasteiger partial charge in [0, 0.05) is 18.8 Å². The number of nitrogens with one attached hydrogen (secondary N) is 2. The number of aromatic carboxylic acids is 1. The maximum Gasteiger partial charge on any atom is 0.335 e. The highest BCUT2D eigenvalue weighted by Gasteiger charge is 2.16. The molecule has 0 unspecified atom stereocenters. The summed E-state index contributed by atoms with van der Waals surface area (Å²) in [6.07, 6.45) is 0. The molecule has 15 heavy (non-hydrogen) atoms. The van der Waals surface area contributed by atoms with Crippen molar-refractivity contribution in [1.82, 2.24) is 5.32 Å². The molecule has 4 nitrogen and oxygen atoms in total. The Kier molecular flexibility index (Phi) is 2.60. The molecule has 3 N–H and O–H groups in total. The van der Waals surface area contributed by atoms with Crippen molar-refractivity contribution in [3.05, 3.63) is 29.3 Å². The number of anilines is 1. The summed E-state index contributed by atoms with van der Waals surface area (Å²) in [5.41, 5.74) is 2.33. The normalized spacial score (nSPS) is 15.8. The summed E-state index contributed by atoms with van der Waals surface area (Å²) in [4.78, 5) is 10.7. The standard InChI is InChI=1S/C11H14N2O2/c1-7-4-8(11(14)15)2-3-10(7)13-9-5-12-6-9/h2-4,9,12-13H,5-6H2,1H3,(H,14,15). The van der Waals surface area contributed by atoms with Gasteiger partial charge in [-0.05, 0) is 30.7 Å². The number of hydrogen-bond donors (Lipinski definition) is 3. The number of aryl methyl sites for hydroxylation is 1. The van der Waals surface area contributed by atoms with Crippen LogP contribution < -0.4 is 10.6 Å². The fourth-order valence-corrected chi connectivity index (χ4v) is 1.57. The molecule has 1 aromatic rings. The third-order valence-electron chi connectivity index (χ3n) is 2.61. The molecule has 0 amide bonds. The Bertz CT molecular complexity index is 386. The second-order valence-electron chi connectivity index (χ2n) is 3.83. The van der Waals surface area contributed by atoms with Crippen LogP contribution in [0.4, 0.5) is 5.69 Å². The first kappa shape index (κ1) is 9.98. The average Bonchev–Trinajstić information content (AvgIpc) is 2.12. The maximum absolute atomic E-state index is 10.7. The van der Waals surface area contributed by atoms with Gasteiger partial charge in [0.15, 0.2) is 0 Å². The first-order chi connectivity index (χ1) is 7.16. The summed E-state index contributed by atoms with van der Waals surface area (Å²) >= 11 is 0. The van der Waals surface area contributed by atoms with Gasteiger partial charge in [-0.2, -0.15) is 0 Å². The Hall–Kier alpha value is -1.55. The second-order valence-corrected chi connectivity index (χ2v) is 3.83. The minimum absolute atomic E-state index is 0.338. The number of carboxylic acid groups (broad SMARTS) is 1. The quantitative estimate of drug-likeness (QED) is 0.692. The fraction of sp³-hybridized carbons (Fsp3) is 0.364. The fourth-order valence-electron chi connectivity index (χ4n) is 1.57. The number of rotatable bonds is 3. The molecular formula is C11H14N2O2. The summed E-state index contributed by atoms with van der Waals surface area (Å²) in [5, 5.41) is 15.3. The Labute approximate surface area is 88.3 Å². The average molecular weight is 206 g/mol. The predicted molar refractivity (Wildman–Crippen MR) is 58.4 cm³/mol. The zero-order valence-corrected chi connectivity index (χ0v) is 8.58. The van der Waals surface area contributed by atoms with Gasteiger partial charge >= 0.3 is 5.97 Å². The van der Waals surface area contributed by atoms with E-state index in [4.69, 9.17) is 5.11 Å². The van der Waals surface area contributed by atoms with E-state index in [0.29, 0.717) is 11.6 Å². The van der Waals surface area contributed by atoms with E-state index in [9.17, 15) is 4.79 Å². The van der Waals surface area contributed by atoms with E-state index in [1.165, 1.54) is 0 Å². The van der Waals surface area contributed by atoms with Crippen molar-refractivity contribution in [1.29, 1.82) is 0 Å². The van der Waals surface area contributed by atoms with Gasteiger partial charge in [0.05, 0.1) is 11.6 Å². The van der Waals surface area contributed by atoms with Crippen molar-refractivity contribution < 1.29 is 9.90 Å². The number of benzene rings is 1. The largest absolute Gasteiger partial charge is 0.478 e. The van der Waals surface area contributed by atoms with Gasteiger partial charge in [-0.3, -0.25) is 0 Å². The molecule has 0 atom stereocenters. The third kappa shape index (κ3) is 2.10. The van der Waals surface area contributed by atoms with Crippen molar-refractivity contribution in [2.24, 2.45) is 0 Å². The molecule has 1 aliphatic rings. The van der Waals surface area contributed by atoms with Crippen LogP contribution in [0, 0.1) is 6.92 Å². The number of carbonyl (C=O) groups is 1. The Morgan fingerprint density at radius 3 is 2.73 bits per heavy atom. The summed E-state index contributed by atoms with van der Waals surface area (Å²) in [6, 6.07) is 5.62. The molecule has 80 valence electrons. The zero-order valence-electron chi connectivity index (χ0n) is 8.58. The topological polar surface area (TPSA) is 61.4 Å². The molecule has 2 rings (SSSR count). The van der Waals surface area contributed by atoms with Crippen molar-refractivity contribution in [2.75, 3.05) is 18.4 Å². The molecule has 1 fully saturated rings. The highest BCUT2D eigenvalue weighted by Crippen LogP contribution is 2.18. The maximum atomic E-state index is 10.7. The first-order valence-electron chi connectivity index (χ1n) is 4.98. The predicted octanol–water partition coefficient (Wildman–Crippen LogP) is 1.08. The lowest BCUT2D eigenvalue weighted by molar-refractivity contribution is 0.0697. The Balaban J connectivity index is 2.14. The molecule has 0 aromatic heterocycles. The smallest absolute Gasteiger partial charge is 0.335 e. The van der Waals surface area contributed by atoms with Crippen molar-refractivity contribution in [2.45, 2.75) is 13.0 Å². The molecule has 4 heteroatoms. The SMILES string of the molecule is Cc1cc(C(=O)O)ccc1NC1CNC1. The summed E-state index contributed by atoms with van der Waals surface area (Å²) in [5.74, 6) is -0.880. The Morgan fingerprint density at radius 2 is 2.27 bits per heavy atom. The molecule has 1 aromatic carbocycles. The van der Waals surface area contributed by atoms with E-state index in [-0.39, 0.29) is 0 Å². The van der Waals surface area contributed by atoms with Crippen molar-refractivity contribution in [3.63, 3.8) is 0 Å². The third-order valence-corrected chi connectivity index (χ3v) is 2.61. The molecular weight excluding hydrogens is 192 g/mol. The van der Waals surface area contributed by atoms with Gasteiger partial charge in [0.25, 0.3) is 0 Å².